The molecule has 0 unspecified atom stereocenters. The maximum Gasteiger partial charge on any atom is 0.263 e. The minimum Gasteiger partial charge on any atom is -0.480 e. The first-order chi connectivity index (χ1) is 16.8. The third-order valence-electron chi connectivity index (χ3n) is 7.56. The van der Waals surface area contributed by atoms with E-state index in [4.69, 9.17) is 10.5 Å². The van der Waals surface area contributed by atoms with Gasteiger partial charge >= 0.3 is 0 Å². The molecule has 0 radical (unpaired) electrons. The second-order valence-electron chi connectivity index (χ2n) is 9.92. The number of hydrogen-bond acceptors (Lipinski definition) is 7. The molecular formula is C26H27N5O4. The van der Waals surface area contributed by atoms with Gasteiger partial charge in [0.1, 0.15) is 11.8 Å². The summed E-state index contributed by atoms with van der Waals surface area (Å²) in [6.07, 6.45) is 3.77. The number of aliphatic hydroxyl groups excluding tert-OH is 2. The van der Waals surface area contributed by atoms with Crippen LogP contribution in [-0.2, 0) is 11.2 Å². The number of fused-ring (bicyclic) bond motifs is 3. The molecule has 3 aromatic heterocycles. The summed E-state index contributed by atoms with van der Waals surface area (Å²) in [5.74, 6) is 0.786. The summed E-state index contributed by atoms with van der Waals surface area (Å²) in [6, 6.07) is 11.3. The van der Waals surface area contributed by atoms with E-state index in [1.165, 1.54) is 0 Å². The van der Waals surface area contributed by atoms with Crippen LogP contribution in [0.3, 0.4) is 0 Å². The molecule has 35 heavy (non-hydrogen) atoms. The highest BCUT2D eigenvalue weighted by molar-refractivity contribution is 5.96. The average molecular weight is 474 g/mol. The van der Waals surface area contributed by atoms with Gasteiger partial charge in [0.05, 0.1) is 17.7 Å². The van der Waals surface area contributed by atoms with Crippen molar-refractivity contribution in [2.75, 3.05) is 17.7 Å². The van der Waals surface area contributed by atoms with Crippen molar-refractivity contribution in [3.8, 4) is 5.75 Å². The first kappa shape index (κ1) is 21.8. The van der Waals surface area contributed by atoms with Gasteiger partial charge in [0.2, 0.25) is 0 Å². The van der Waals surface area contributed by atoms with Gasteiger partial charge in [0.25, 0.3) is 5.91 Å². The zero-order chi connectivity index (χ0) is 24.3. The molecule has 1 fully saturated rings. The van der Waals surface area contributed by atoms with Crippen LogP contribution in [-0.4, -0.2) is 49.5 Å². The lowest BCUT2D eigenvalue weighted by Crippen LogP contribution is -2.35. The molecule has 1 aliphatic carbocycles. The van der Waals surface area contributed by atoms with Crippen LogP contribution < -0.4 is 15.8 Å². The van der Waals surface area contributed by atoms with Gasteiger partial charge in [-0.2, -0.15) is 0 Å². The van der Waals surface area contributed by atoms with Crippen LogP contribution in [0.15, 0.2) is 48.8 Å². The van der Waals surface area contributed by atoms with Crippen molar-refractivity contribution in [2.24, 2.45) is 5.41 Å². The number of aryl methyl sites for hydroxylation is 1. The van der Waals surface area contributed by atoms with Crippen molar-refractivity contribution in [3.05, 3.63) is 54.4 Å². The molecule has 4 aromatic rings. The number of hydrogen-bond donors (Lipinski definition) is 4. The van der Waals surface area contributed by atoms with E-state index in [1.807, 2.05) is 48.0 Å². The summed E-state index contributed by atoms with van der Waals surface area (Å²) in [7, 11) is 0. The Morgan fingerprint density at radius 1 is 1.26 bits per heavy atom. The minimum atomic E-state index is -0.910. The molecule has 4 atom stereocenters. The summed E-state index contributed by atoms with van der Waals surface area (Å²) < 4.78 is 7.39. The first-order valence-electron chi connectivity index (χ1n) is 11.8. The Bertz CT molecular complexity index is 1470. The summed E-state index contributed by atoms with van der Waals surface area (Å²) in [6.45, 7) is 2.02. The molecule has 2 aliphatic rings. The number of benzene rings is 1. The van der Waals surface area contributed by atoms with Gasteiger partial charge in [-0.15, -0.1) is 0 Å². The molecule has 4 heterocycles. The van der Waals surface area contributed by atoms with Crippen molar-refractivity contribution in [1.82, 2.24) is 14.5 Å². The van der Waals surface area contributed by atoms with Crippen molar-refractivity contribution < 1.29 is 19.7 Å². The lowest BCUT2D eigenvalue weighted by atomic mass is 9.80. The Kier molecular flexibility index (Phi) is 4.94. The standard InChI is InChI=1S/C26H27N5O4/c1-26(12-19(22(33)23(26)34)31-9-6-16-17(27)5-8-28-25(16)31)7-4-14-2-3-15-11-20-24(29-18(15)10-14)30-21(32)13-35-20/h2-3,5-6,8-11,19,22-23,33-34H,4,7,12-13H2,1H3,(H2,27,28)(H,29,30,32)/t19-,22+,23+,26+/m1/s1. The van der Waals surface area contributed by atoms with Crippen LogP contribution in [0.1, 0.15) is 31.4 Å². The number of anilines is 2. The largest absolute Gasteiger partial charge is 0.480 e. The molecule has 180 valence electrons. The Hall–Kier alpha value is -3.69. The first-order valence-corrected chi connectivity index (χ1v) is 11.8. The van der Waals surface area contributed by atoms with Crippen molar-refractivity contribution in [1.29, 1.82) is 0 Å². The smallest absolute Gasteiger partial charge is 0.263 e. The van der Waals surface area contributed by atoms with E-state index >= 15 is 0 Å². The summed E-state index contributed by atoms with van der Waals surface area (Å²) >= 11 is 0. The Balaban J connectivity index is 1.23. The van der Waals surface area contributed by atoms with Crippen LogP contribution in [0.5, 0.6) is 5.75 Å². The predicted octanol–water partition coefficient (Wildman–Crippen LogP) is 2.80. The van der Waals surface area contributed by atoms with Crippen molar-refractivity contribution in [2.45, 2.75) is 44.4 Å². The zero-order valence-corrected chi connectivity index (χ0v) is 19.3. The maximum absolute atomic E-state index is 11.6. The quantitative estimate of drug-likeness (QED) is 0.358. The molecule has 0 saturated heterocycles. The lowest BCUT2D eigenvalue weighted by molar-refractivity contribution is -0.118. The molecule has 9 nitrogen and oxygen atoms in total. The number of pyridine rings is 2. The van der Waals surface area contributed by atoms with Gasteiger partial charge in [-0.05, 0) is 54.5 Å². The fourth-order valence-electron chi connectivity index (χ4n) is 5.49. The molecule has 1 saturated carbocycles. The molecule has 0 spiro atoms. The molecule has 1 aliphatic heterocycles. The fraction of sp³-hybridized carbons (Fsp3) is 0.346. The van der Waals surface area contributed by atoms with Crippen LogP contribution in [0, 0.1) is 5.41 Å². The molecule has 9 heteroatoms. The predicted molar refractivity (Wildman–Crippen MR) is 132 cm³/mol. The van der Waals surface area contributed by atoms with Gasteiger partial charge in [0, 0.05) is 28.9 Å². The highest BCUT2D eigenvalue weighted by Crippen LogP contribution is 2.48. The monoisotopic (exact) mass is 473 g/mol. The summed E-state index contributed by atoms with van der Waals surface area (Å²) in [5, 5.41) is 26.5. The van der Waals surface area contributed by atoms with Gasteiger partial charge in [-0.3, -0.25) is 4.79 Å². The lowest BCUT2D eigenvalue weighted by Gasteiger charge is -2.28. The van der Waals surface area contributed by atoms with Crippen LogP contribution in [0.4, 0.5) is 11.5 Å². The number of nitrogens with two attached hydrogens (primary N) is 1. The number of nitrogen functional groups attached to an aromatic ring is 1. The van der Waals surface area contributed by atoms with E-state index in [1.54, 1.807) is 12.3 Å². The fourth-order valence-corrected chi connectivity index (χ4v) is 5.49. The number of carbonyl (C=O) groups is 1. The van der Waals surface area contributed by atoms with Crippen molar-refractivity contribution >= 4 is 39.3 Å². The molecule has 1 aromatic carbocycles. The second kappa shape index (κ2) is 7.93. The molecule has 1 amide bonds. The van der Waals surface area contributed by atoms with Crippen LogP contribution in [0.2, 0.25) is 0 Å². The number of nitrogens with zero attached hydrogens (tertiary/aromatic N) is 3. The molecule has 5 N–H and O–H groups in total. The number of carbonyl (C=O) groups excluding carboxylic acids is 1. The normalized spacial score (nSPS) is 26.0. The van der Waals surface area contributed by atoms with Crippen LogP contribution >= 0.6 is 0 Å². The van der Waals surface area contributed by atoms with E-state index in [2.05, 4.69) is 15.3 Å². The number of aliphatic hydroxyl groups is 2. The molecule has 6 rings (SSSR count). The number of nitrogens with one attached hydrogen (secondary N) is 1. The number of ether oxygens (including phenoxy) is 1. The van der Waals surface area contributed by atoms with E-state index in [-0.39, 0.29) is 18.6 Å². The van der Waals surface area contributed by atoms with Gasteiger partial charge < -0.3 is 30.6 Å². The third kappa shape index (κ3) is 3.59. The second-order valence-corrected chi connectivity index (χ2v) is 9.92. The Morgan fingerprint density at radius 2 is 2.11 bits per heavy atom. The highest BCUT2D eigenvalue weighted by Gasteiger charge is 2.50. The number of rotatable bonds is 4. The van der Waals surface area contributed by atoms with E-state index < -0.39 is 17.6 Å². The van der Waals surface area contributed by atoms with Gasteiger partial charge in [0.15, 0.2) is 18.2 Å². The maximum atomic E-state index is 11.6. The summed E-state index contributed by atoms with van der Waals surface area (Å²) in [4.78, 5) is 20.7. The van der Waals surface area contributed by atoms with Gasteiger partial charge in [-0.1, -0.05) is 19.1 Å². The third-order valence-corrected chi connectivity index (χ3v) is 7.56. The topological polar surface area (TPSA) is 136 Å². The minimum absolute atomic E-state index is 0.00568. The SMILES string of the molecule is C[C@]1(CCc2ccc3cc4c(nc3c2)NC(=O)CO4)C[C@@H](n2ccc3c(N)ccnc32)[C@H](O)[C@@H]1O. The molecular weight excluding hydrogens is 446 g/mol. The number of amides is 1. The zero-order valence-electron chi connectivity index (χ0n) is 19.3. The highest BCUT2D eigenvalue weighted by atomic mass is 16.5. The summed E-state index contributed by atoms with van der Waals surface area (Å²) in [5.41, 5.74) is 8.79. The van der Waals surface area contributed by atoms with E-state index in [0.717, 1.165) is 21.9 Å². The Morgan fingerprint density at radius 3 is 2.97 bits per heavy atom. The van der Waals surface area contributed by atoms with E-state index in [9.17, 15) is 15.0 Å². The molecule has 0 bridgehead atoms. The van der Waals surface area contributed by atoms with Gasteiger partial charge in [-0.25, -0.2) is 9.97 Å². The van der Waals surface area contributed by atoms with Crippen molar-refractivity contribution in [3.63, 3.8) is 0 Å². The Labute approximate surface area is 201 Å². The average Bonchev–Trinajstić information content (AvgIpc) is 3.37. The number of aromatic nitrogens is 3. The van der Waals surface area contributed by atoms with E-state index in [0.29, 0.717) is 42.2 Å². The van der Waals surface area contributed by atoms with Crippen LogP contribution in [0.25, 0.3) is 21.9 Å².